The van der Waals surface area contributed by atoms with Gasteiger partial charge in [-0.3, -0.25) is 14.7 Å². The van der Waals surface area contributed by atoms with Gasteiger partial charge in [0.05, 0.1) is 56.4 Å². The van der Waals surface area contributed by atoms with Crippen LogP contribution in [0.4, 0.5) is 23.1 Å². The Labute approximate surface area is 217 Å². The summed E-state index contributed by atoms with van der Waals surface area (Å²) < 4.78 is 22.7. The first-order valence-electron chi connectivity index (χ1n) is 11.9. The molecular formula is C25H27N7O6. The predicted octanol–water partition coefficient (Wildman–Crippen LogP) is 2.94. The Morgan fingerprint density at radius 2 is 1.68 bits per heavy atom. The molecule has 0 bridgehead atoms. The van der Waals surface area contributed by atoms with Gasteiger partial charge in [0.1, 0.15) is 19.0 Å². The van der Waals surface area contributed by atoms with Crippen LogP contribution in [0.2, 0.25) is 0 Å². The van der Waals surface area contributed by atoms with E-state index >= 15 is 0 Å². The number of nitrogens with zero attached hydrogens (tertiary/aromatic N) is 3. The molecule has 0 fully saturated rings. The van der Waals surface area contributed by atoms with Gasteiger partial charge < -0.3 is 29.6 Å². The minimum absolute atomic E-state index is 0.300. The number of benzene rings is 2. The second-order valence-corrected chi connectivity index (χ2v) is 8.04. The fourth-order valence-electron chi connectivity index (χ4n) is 3.74. The van der Waals surface area contributed by atoms with Crippen LogP contribution in [0.3, 0.4) is 0 Å². The van der Waals surface area contributed by atoms with Crippen LogP contribution in [-0.4, -0.2) is 72.8 Å². The molecule has 38 heavy (non-hydrogen) atoms. The molecule has 0 aliphatic carbocycles. The molecular weight excluding hydrogens is 494 g/mol. The molecule has 0 atom stereocenters. The number of carbonyl (C=O) groups is 1. The zero-order valence-corrected chi connectivity index (χ0v) is 20.7. The molecule has 2 aromatic carbocycles. The molecule has 13 nitrogen and oxygen atoms in total. The maximum atomic E-state index is 12.4. The molecule has 1 aliphatic rings. The number of aromatic nitrogens is 4. The molecule has 0 spiro atoms. The third-order valence-electron chi connectivity index (χ3n) is 5.47. The molecule has 4 N–H and O–H groups in total. The van der Waals surface area contributed by atoms with E-state index in [2.05, 4.69) is 36.3 Å². The highest BCUT2D eigenvalue weighted by Gasteiger charge is 2.16. The van der Waals surface area contributed by atoms with Gasteiger partial charge in [-0.1, -0.05) is 12.1 Å². The maximum Gasteiger partial charge on any atom is 0.276 e. The predicted molar refractivity (Wildman–Crippen MR) is 138 cm³/mol. The van der Waals surface area contributed by atoms with Gasteiger partial charge in [-0.25, -0.2) is 5.48 Å². The smallest absolute Gasteiger partial charge is 0.276 e. The SMILES string of the molecule is CONC(=O)c1ccccc1Nc1nc(Nc2ccc3c(c2)OCCOCCOCCO3)nc2[nH]ncc12. The highest BCUT2D eigenvalue weighted by Crippen LogP contribution is 2.32. The summed E-state index contributed by atoms with van der Waals surface area (Å²) in [6.45, 7) is 2.65. The van der Waals surface area contributed by atoms with Crippen molar-refractivity contribution >= 4 is 40.1 Å². The Hall–Kier alpha value is -4.46. The lowest BCUT2D eigenvalue weighted by molar-refractivity contribution is 0.0223. The van der Waals surface area contributed by atoms with E-state index in [0.29, 0.717) is 90.9 Å². The number of fused-ring (bicyclic) bond motifs is 2. The van der Waals surface area contributed by atoms with Crippen molar-refractivity contribution in [2.45, 2.75) is 0 Å². The standard InChI is InChI=1S/C25H27N7O6/c1-34-32-24(33)17-4-2-3-5-19(17)28-22-18-15-26-31-23(18)30-25(29-22)27-16-6-7-20-21(14-16)38-13-11-36-9-8-35-10-12-37-20/h2-7,14-15H,8-13H2,1H3,(H,32,33)(H3,26,27,28,29,30,31). The number of hydrogen-bond acceptors (Lipinski definition) is 11. The van der Waals surface area contributed by atoms with E-state index in [1.807, 2.05) is 18.2 Å². The average Bonchev–Trinajstić information content (AvgIpc) is 3.39. The number of hydroxylamine groups is 1. The van der Waals surface area contributed by atoms with Gasteiger partial charge in [-0.15, -0.1) is 0 Å². The zero-order valence-electron chi connectivity index (χ0n) is 20.7. The third-order valence-corrected chi connectivity index (χ3v) is 5.47. The number of rotatable bonds is 6. The molecule has 13 heteroatoms. The molecule has 198 valence electrons. The fraction of sp³-hybridized carbons (Fsp3) is 0.280. The van der Waals surface area contributed by atoms with Gasteiger partial charge in [0.25, 0.3) is 5.91 Å². The summed E-state index contributed by atoms with van der Waals surface area (Å²) in [7, 11) is 1.38. The van der Waals surface area contributed by atoms with E-state index in [1.165, 1.54) is 7.11 Å². The van der Waals surface area contributed by atoms with Gasteiger partial charge >= 0.3 is 0 Å². The van der Waals surface area contributed by atoms with Crippen molar-refractivity contribution in [3.63, 3.8) is 0 Å². The lowest BCUT2D eigenvalue weighted by Crippen LogP contribution is -2.22. The van der Waals surface area contributed by atoms with Gasteiger partial charge in [0, 0.05) is 11.8 Å². The second-order valence-electron chi connectivity index (χ2n) is 8.04. The molecule has 0 saturated carbocycles. The zero-order chi connectivity index (χ0) is 26.2. The summed E-state index contributed by atoms with van der Waals surface area (Å²) in [5.74, 6) is 1.50. The minimum atomic E-state index is -0.399. The Kier molecular flexibility index (Phi) is 8.08. The summed E-state index contributed by atoms with van der Waals surface area (Å²) in [6.07, 6.45) is 1.61. The van der Waals surface area contributed by atoms with Crippen LogP contribution >= 0.6 is 0 Å². The van der Waals surface area contributed by atoms with Gasteiger partial charge in [-0.05, 0) is 24.3 Å². The first kappa shape index (κ1) is 25.2. The van der Waals surface area contributed by atoms with E-state index < -0.39 is 5.91 Å². The van der Waals surface area contributed by atoms with Crippen LogP contribution in [0.5, 0.6) is 11.5 Å². The van der Waals surface area contributed by atoms with Gasteiger partial charge in [0.2, 0.25) is 5.95 Å². The number of hydrogen-bond donors (Lipinski definition) is 4. The van der Waals surface area contributed by atoms with Crippen LogP contribution in [0.25, 0.3) is 11.0 Å². The Bertz CT molecular complexity index is 1400. The molecule has 0 saturated heterocycles. The fourth-order valence-corrected chi connectivity index (χ4v) is 3.74. The van der Waals surface area contributed by atoms with E-state index in [-0.39, 0.29) is 0 Å². The summed E-state index contributed by atoms with van der Waals surface area (Å²) in [5, 5.41) is 14.0. The highest BCUT2D eigenvalue weighted by molar-refractivity contribution is 6.01. The molecule has 1 aliphatic heterocycles. The van der Waals surface area contributed by atoms with Crippen molar-refractivity contribution in [1.29, 1.82) is 0 Å². The Balaban J connectivity index is 1.41. The molecule has 2 aromatic heterocycles. The number of ether oxygens (including phenoxy) is 4. The molecule has 1 amide bonds. The van der Waals surface area contributed by atoms with Crippen molar-refractivity contribution in [2.75, 3.05) is 57.4 Å². The van der Waals surface area contributed by atoms with Crippen molar-refractivity contribution in [3.8, 4) is 11.5 Å². The molecule has 5 rings (SSSR count). The van der Waals surface area contributed by atoms with E-state index in [9.17, 15) is 4.79 Å². The number of amides is 1. The first-order valence-corrected chi connectivity index (χ1v) is 11.9. The van der Waals surface area contributed by atoms with Crippen LogP contribution in [-0.2, 0) is 14.3 Å². The number of anilines is 4. The number of para-hydroxylation sites is 1. The summed E-state index contributed by atoms with van der Waals surface area (Å²) in [6, 6.07) is 12.5. The number of H-pyrrole nitrogens is 1. The topological polar surface area (TPSA) is 154 Å². The molecule has 0 radical (unpaired) electrons. The van der Waals surface area contributed by atoms with Crippen LogP contribution in [0.15, 0.2) is 48.7 Å². The van der Waals surface area contributed by atoms with E-state index in [1.54, 1.807) is 30.5 Å². The molecule has 4 aromatic rings. The van der Waals surface area contributed by atoms with Crippen LogP contribution in [0, 0.1) is 0 Å². The normalized spacial score (nSPS) is 14.2. The quantitative estimate of drug-likeness (QED) is 0.277. The summed E-state index contributed by atoms with van der Waals surface area (Å²) in [4.78, 5) is 26.4. The highest BCUT2D eigenvalue weighted by atomic mass is 16.6. The minimum Gasteiger partial charge on any atom is -0.487 e. The monoisotopic (exact) mass is 521 g/mol. The average molecular weight is 522 g/mol. The Morgan fingerprint density at radius 3 is 2.50 bits per heavy atom. The first-order chi connectivity index (χ1) is 18.7. The van der Waals surface area contributed by atoms with Gasteiger partial charge in [-0.2, -0.15) is 15.1 Å². The number of nitrogens with one attached hydrogen (secondary N) is 4. The lowest BCUT2D eigenvalue weighted by atomic mass is 10.1. The Morgan fingerprint density at radius 1 is 0.921 bits per heavy atom. The summed E-state index contributed by atoms with van der Waals surface area (Å²) >= 11 is 0. The van der Waals surface area contributed by atoms with Crippen molar-refractivity contribution in [2.24, 2.45) is 0 Å². The second kappa shape index (κ2) is 12.2. The van der Waals surface area contributed by atoms with Crippen molar-refractivity contribution in [1.82, 2.24) is 25.6 Å². The van der Waals surface area contributed by atoms with Gasteiger partial charge in [0.15, 0.2) is 17.1 Å². The van der Waals surface area contributed by atoms with Crippen molar-refractivity contribution < 1.29 is 28.6 Å². The summed E-state index contributed by atoms with van der Waals surface area (Å²) in [5.41, 5.74) is 4.43. The molecule has 0 unspecified atom stereocenters. The number of aromatic amines is 1. The largest absolute Gasteiger partial charge is 0.487 e. The maximum absolute atomic E-state index is 12.4. The number of carbonyl (C=O) groups excluding carboxylic acids is 1. The van der Waals surface area contributed by atoms with Crippen LogP contribution in [0.1, 0.15) is 10.4 Å². The molecule has 3 heterocycles. The van der Waals surface area contributed by atoms with E-state index in [0.717, 1.165) is 0 Å². The lowest BCUT2D eigenvalue weighted by Gasteiger charge is -2.16. The van der Waals surface area contributed by atoms with Crippen LogP contribution < -0.4 is 25.6 Å². The third kappa shape index (κ3) is 6.08. The van der Waals surface area contributed by atoms with Crippen molar-refractivity contribution in [3.05, 3.63) is 54.2 Å². The van der Waals surface area contributed by atoms with E-state index in [4.69, 9.17) is 23.8 Å².